The molecule has 2 aromatic heterocycles. The lowest BCUT2D eigenvalue weighted by Gasteiger charge is -2.42. The molecule has 0 saturated carbocycles. The highest BCUT2D eigenvalue weighted by Crippen LogP contribution is 2.52. The molecule has 1 unspecified atom stereocenters. The van der Waals surface area contributed by atoms with Crippen LogP contribution in [0.5, 0.6) is 5.75 Å². The molecule has 2 N–H and O–H groups in total. The summed E-state index contributed by atoms with van der Waals surface area (Å²) in [6.45, 7) is 6.43. The number of carboxylic acid groups (broad SMARTS) is 1. The Morgan fingerprint density at radius 3 is 2.53 bits per heavy atom. The van der Waals surface area contributed by atoms with Crippen LogP contribution in [0.4, 0.5) is 4.39 Å². The molecule has 0 radical (unpaired) electrons. The third kappa shape index (κ3) is 2.88. The van der Waals surface area contributed by atoms with Crippen molar-refractivity contribution in [3.8, 4) is 11.4 Å². The van der Waals surface area contributed by atoms with E-state index in [0.717, 1.165) is 39.4 Å². The van der Waals surface area contributed by atoms with Gasteiger partial charge in [0.1, 0.15) is 22.0 Å². The zero-order valence-electron chi connectivity index (χ0n) is 17.8. The lowest BCUT2D eigenvalue weighted by molar-refractivity contribution is -0.0434. The average Bonchev–Trinajstić information content (AvgIpc) is 3.38. The highest BCUT2D eigenvalue weighted by molar-refractivity contribution is 7.12. The molecule has 1 aliphatic heterocycles. The third-order valence-corrected chi connectivity index (χ3v) is 7.18. The molecule has 0 amide bonds. The highest BCUT2D eigenvalue weighted by Gasteiger charge is 2.47. The number of aromatic carboxylic acids is 1. The lowest BCUT2D eigenvalue weighted by Crippen LogP contribution is -2.42. The molecule has 5 rings (SSSR count). The van der Waals surface area contributed by atoms with Crippen LogP contribution in [0.15, 0.2) is 53.9 Å². The van der Waals surface area contributed by atoms with Crippen molar-refractivity contribution in [2.24, 2.45) is 0 Å². The Bertz CT molecular complexity index is 1370. The second-order valence-corrected chi connectivity index (χ2v) is 9.83. The number of aromatic nitrogens is 1. The van der Waals surface area contributed by atoms with E-state index in [1.165, 1.54) is 12.1 Å². The number of fused-ring (bicyclic) bond motifs is 3. The molecule has 7 heteroatoms. The molecule has 0 fully saturated rings. The molecule has 0 spiro atoms. The van der Waals surface area contributed by atoms with Gasteiger partial charge in [-0.1, -0.05) is 19.9 Å². The number of hydrogen-bond acceptors (Lipinski definition) is 4. The number of phenols is 1. The van der Waals surface area contributed by atoms with Crippen molar-refractivity contribution >= 4 is 28.2 Å². The smallest absolute Gasteiger partial charge is 0.345 e. The quantitative estimate of drug-likeness (QED) is 0.413. The van der Waals surface area contributed by atoms with Gasteiger partial charge in [-0.2, -0.15) is 0 Å². The van der Waals surface area contributed by atoms with E-state index >= 15 is 0 Å². The Labute approximate surface area is 188 Å². The number of aromatic hydroxyl groups is 1. The Balaban J connectivity index is 1.91. The standard InChI is InChI=1S/C25H22FNO4S/c1-24(2)13-31-25(3,14-11-19(23(29)30)32-12-14)21-20-17(5-4-6-18(20)28)27(22(21)24)16-9-7-15(26)8-10-16/h4-12,28H,13H2,1-3H3,(H,29,30). The first-order valence-electron chi connectivity index (χ1n) is 10.2. The van der Waals surface area contributed by atoms with Gasteiger partial charge in [-0.25, -0.2) is 9.18 Å². The number of hydrogen-bond donors (Lipinski definition) is 2. The molecule has 0 aliphatic carbocycles. The van der Waals surface area contributed by atoms with Crippen LogP contribution in [-0.2, 0) is 15.8 Å². The number of rotatable bonds is 3. The maximum absolute atomic E-state index is 13.7. The normalized spacial score (nSPS) is 19.8. The third-order valence-electron chi connectivity index (χ3n) is 6.26. The van der Waals surface area contributed by atoms with E-state index < -0.39 is 17.0 Å². The van der Waals surface area contributed by atoms with Gasteiger partial charge in [0.25, 0.3) is 0 Å². The van der Waals surface area contributed by atoms with Gasteiger partial charge >= 0.3 is 5.97 Å². The first-order chi connectivity index (χ1) is 15.1. The van der Waals surface area contributed by atoms with Crippen LogP contribution in [0.2, 0.25) is 0 Å². The van der Waals surface area contributed by atoms with Gasteiger partial charge in [0.2, 0.25) is 0 Å². The van der Waals surface area contributed by atoms with Crippen LogP contribution in [0.1, 0.15) is 47.3 Å². The van der Waals surface area contributed by atoms with Crippen LogP contribution < -0.4 is 0 Å². The SMILES string of the molecule is CC1(C)COC(C)(c2csc(C(=O)O)c2)c2c1n(-c1ccc(F)cc1)c1cccc(O)c21. The zero-order valence-corrected chi connectivity index (χ0v) is 18.7. The van der Waals surface area contributed by atoms with Crippen molar-refractivity contribution in [3.63, 3.8) is 0 Å². The van der Waals surface area contributed by atoms with E-state index in [4.69, 9.17) is 4.74 Å². The van der Waals surface area contributed by atoms with Crippen molar-refractivity contribution in [3.05, 3.63) is 81.4 Å². The summed E-state index contributed by atoms with van der Waals surface area (Å²) in [6, 6.07) is 13.2. The summed E-state index contributed by atoms with van der Waals surface area (Å²) < 4.78 is 22.2. The Hall–Kier alpha value is -3.16. The Morgan fingerprint density at radius 2 is 1.88 bits per heavy atom. The predicted octanol–water partition coefficient (Wildman–Crippen LogP) is 5.81. The van der Waals surface area contributed by atoms with E-state index in [0.29, 0.717) is 12.0 Å². The summed E-state index contributed by atoms with van der Waals surface area (Å²) in [4.78, 5) is 11.8. The van der Waals surface area contributed by atoms with E-state index in [2.05, 4.69) is 18.4 Å². The summed E-state index contributed by atoms with van der Waals surface area (Å²) in [5.74, 6) is -1.20. The highest BCUT2D eigenvalue weighted by atomic mass is 32.1. The number of ether oxygens (including phenoxy) is 1. The van der Waals surface area contributed by atoms with Crippen molar-refractivity contribution in [2.45, 2.75) is 31.8 Å². The lowest BCUT2D eigenvalue weighted by atomic mass is 9.76. The van der Waals surface area contributed by atoms with E-state index in [1.807, 2.05) is 13.0 Å². The maximum atomic E-state index is 13.7. The van der Waals surface area contributed by atoms with Gasteiger partial charge in [0, 0.05) is 27.7 Å². The fourth-order valence-corrected chi connectivity index (χ4v) is 5.52. The Kier molecular flexibility index (Phi) is 4.48. The fraction of sp³-hybridized carbons (Fsp3) is 0.240. The second-order valence-electron chi connectivity index (χ2n) is 8.92. The van der Waals surface area contributed by atoms with E-state index in [1.54, 1.807) is 35.7 Å². The topological polar surface area (TPSA) is 71.7 Å². The minimum atomic E-state index is -0.988. The monoisotopic (exact) mass is 451 g/mol. The minimum Gasteiger partial charge on any atom is -0.507 e. The molecule has 32 heavy (non-hydrogen) atoms. The molecule has 4 aromatic rings. The van der Waals surface area contributed by atoms with Gasteiger partial charge in [-0.3, -0.25) is 0 Å². The molecule has 2 aromatic carbocycles. The summed E-state index contributed by atoms with van der Waals surface area (Å²) in [6.07, 6.45) is 0. The van der Waals surface area contributed by atoms with Gasteiger partial charge in [-0.15, -0.1) is 11.3 Å². The number of nitrogens with zero attached hydrogens (tertiary/aromatic N) is 1. The van der Waals surface area contributed by atoms with Gasteiger partial charge in [0.05, 0.1) is 12.1 Å². The number of halogens is 1. The van der Waals surface area contributed by atoms with E-state index in [-0.39, 0.29) is 16.4 Å². The minimum absolute atomic E-state index is 0.112. The van der Waals surface area contributed by atoms with Gasteiger partial charge in [0.15, 0.2) is 0 Å². The molecule has 0 saturated heterocycles. The first-order valence-corrected chi connectivity index (χ1v) is 11.1. The van der Waals surface area contributed by atoms with Gasteiger partial charge in [-0.05, 0) is 60.3 Å². The second kappa shape index (κ2) is 6.92. The maximum Gasteiger partial charge on any atom is 0.345 e. The zero-order chi connectivity index (χ0) is 22.8. The van der Waals surface area contributed by atoms with Crippen LogP contribution >= 0.6 is 11.3 Å². The van der Waals surface area contributed by atoms with E-state index in [9.17, 15) is 19.4 Å². The average molecular weight is 452 g/mol. The molecule has 1 atom stereocenters. The molecule has 5 nitrogen and oxygen atoms in total. The largest absolute Gasteiger partial charge is 0.507 e. The van der Waals surface area contributed by atoms with Crippen LogP contribution in [0.25, 0.3) is 16.6 Å². The summed E-state index contributed by atoms with van der Waals surface area (Å²) >= 11 is 1.15. The van der Waals surface area contributed by atoms with Gasteiger partial charge < -0.3 is 19.5 Å². The molecule has 0 bridgehead atoms. The van der Waals surface area contributed by atoms with Crippen LogP contribution in [0, 0.1) is 5.82 Å². The number of carbonyl (C=O) groups is 1. The first kappa shape index (κ1) is 20.7. The van der Waals surface area contributed by atoms with Crippen molar-refractivity contribution in [1.29, 1.82) is 0 Å². The Morgan fingerprint density at radius 1 is 1.16 bits per heavy atom. The number of thiophene rings is 1. The molecule has 3 heterocycles. The molecule has 164 valence electrons. The number of phenolic OH excluding ortho intramolecular Hbond substituents is 1. The van der Waals surface area contributed by atoms with Crippen molar-refractivity contribution in [2.75, 3.05) is 6.61 Å². The fourth-order valence-electron chi connectivity index (χ4n) is 4.68. The summed E-state index contributed by atoms with van der Waals surface area (Å²) in [5, 5.41) is 22.8. The number of carboxylic acids is 1. The molecule has 1 aliphatic rings. The summed E-state index contributed by atoms with van der Waals surface area (Å²) in [7, 11) is 0. The number of benzene rings is 2. The molecular weight excluding hydrogens is 429 g/mol. The van der Waals surface area contributed by atoms with Crippen LogP contribution in [-0.4, -0.2) is 27.4 Å². The van der Waals surface area contributed by atoms with Crippen molar-refractivity contribution < 1.29 is 24.1 Å². The predicted molar refractivity (Wildman–Crippen MR) is 122 cm³/mol. The molecular formula is C25H22FNO4S. The summed E-state index contributed by atoms with van der Waals surface area (Å²) in [5.41, 5.74) is 2.60. The van der Waals surface area contributed by atoms with Crippen LogP contribution in [0.3, 0.4) is 0 Å². The van der Waals surface area contributed by atoms with Crippen molar-refractivity contribution in [1.82, 2.24) is 4.57 Å².